The third-order valence-electron chi connectivity index (χ3n) is 6.15. The number of benzene rings is 4. The molecule has 0 radical (unpaired) electrons. The number of para-hydroxylation sites is 2. The van der Waals surface area contributed by atoms with Gasteiger partial charge in [0.1, 0.15) is 17.2 Å². The molecule has 0 aliphatic heterocycles. The number of ether oxygens (including phenoxy) is 3. The quantitative estimate of drug-likeness (QED) is 0.361. The van der Waals surface area contributed by atoms with Crippen LogP contribution in [0.25, 0.3) is 10.8 Å². The van der Waals surface area contributed by atoms with Gasteiger partial charge in [-0.3, -0.25) is 4.79 Å². The molecule has 1 N–H and O–H groups in total. The molecule has 0 spiro atoms. The van der Waals surface area contributed by atoms with Gasteiger partial charge < -0.3 is 19.5 Å². The Morgan fingerprint density at radius 3 is 1.85 bits per heavy atom. The molecule has 0 heterocycles. The third-order valence-corrected chi connectivity index (χ3v) is 6.15. The summed E-state index contributed by atoms with van der Waals surface area (Å²) < 4.78 is 16.5. The van der Waals surface area contributed by atoms with Crippen LogP contribution in [0.4, 0.5) is 0 Å². The van der Waals surface area contributed by atoms with E-state index in [1.807, 2.05) is 85.8 Å². The monoisotopic (exact) mass is 455 g/mol. The normalized spacial score (nSPS) is 11.8. The third kappa shape index (κ3) is 4.69. The molecule has 0 aliphatic carbocycles. The highest BCUT2D eigenvalue weighted by Crippen LogP contribution is 2.35. The first kappa shape index (κ1) is 23.2. The largest absolute Gasteiger partial charge is 0.497 e. The predicted octanol–water partition coefficient (Wildman–Crippen LogP) is 5.87. The average Bonchev–Trinajstić information content (AvgIpc) is 2.90. The molecule has 0 saturated carbocycles. The van der Waals surface area contributed by atoms with E-state index in [0.29, 0.717) is 11.5 Å². The molecule has 34 heavy (non-hydrogen) atoms. The van der Waals surface area contributed by atoms with Gasteiger partial charge in [-0.05, 0) is 47.5 Å². The number of carbonyl (C=O) groups excluding carboxylic acids is 1. The van der Waals surface area contributed by atoms with E-state index in [0.717, 1.165) is 33.2 Å². The first-order chi connectivity index (χ1) is 16.5. The van der Waals surface area contributed by atoms with Crippen LogP contribution >= 0.6 is 0 Å². The van der Waals surface area contributed by atoms with Crippen molar-refractivity contribution in [3.63, 3.8) is 0 Å². The minimum absolute atomic E-state index is 0.0883. The summed E-state index contributed by atoms with van der Waals surface area (Å²) in [4.78, 5) is 13.5. The van der Waals surface area contributed by atoms with E-state index < -0.39 is 6.04 Å². The van der Waals surface area contributed by atoms with Crippen molar-refractivity contribution in [3.8, 4) is 17.2 Å². The summed E-state index contributed by atoms with van der Waals surface area (Å²) in [5.74, 6) is 1.76. The zero-order valence-corrected chi connectivity index (χ0v) is 19.9. The van der Waals surface area contributed by atoms with E-state index in [-0.39, 0.29) is 11.8 Å². The molecule has 4 aromatic rings. The van der Waals surface area contributed by atoms with Crippen LogP contribution in [0.5, 0.6) is 17.2 Å². The number of amides is 1. The lowest BCUT2D eigenvalue weighted by Gasteiger charge is -2.25. The van der Waals surface area contributed by atoms with Gasteiger partial charge in [-0.2, -0.15) is 0 Å². The molecule has 4 rings (SSSR count). The fourth-order valence-corrected chi connectivity index (χ4v) is 4.19. The van der Waals surface area contributed by atoms with Crippen LogP contribution in [-0.4, -0.2) is 27.2 Å². The summed E-state index contributed by atoms with van der Waals surface area (Å²) in [6, 6.07) is 27.0. The number of fused-ring (bicyclic) bond motifs is 1. The van der Waals surface area contributed by atoms with Crippen molar-refractivity contribution in [1.29, 1.82) is 0 Å². The number of carbonyl (C=O) groups is 1. The van der Waals surface area contributed by atoms with Crippen LogP contribution in [0.1, 0.15) is 35.6 Å². The van der Waals surface area contributed by atoms with Gasteiger partial charge in [0, 0.05) is 11.1 Å². The van der Waals surface area contributed by atoms with Gasteiger partial charge in [0.15, 0.2) is 0 Å². The highest BCUT2D eigenvalue weighted by atomic mass is 16.5. The molecular formula is C29H29NO4. The van der Waals surface area contributed by atoms with Crippen LogP contribution < -0.4 is 19.5 Å². The van der Waals surface area contributed by atoms with Gasteiger partial charge in [0.2, 0.25) is 5.91 Å². The molecule has 0 aliphatic rings. The van der Waals surface area contributed by atoms with Gasteiger partial charge in [-0.25, -0.2) is 0 Å². The summed E-state index contributed by atoms with van der Waals surface area (Å²) in [5, 5.41) is 5.37. The average molecular weight is 456 g/mol. The van der Waals surface area contributed by atoms with E-state index in [4.69, 9.17) is 14.2 Å². The van der Waals surface area contributed by atoms with E-state index >= 15 is 0 Å². The van der Waals surface area contributed by atoms with Crippen molar-refractivity contribution < 1.29 is 19.0 Å². The molecule has 0 fully saturated rings. The van der Waals surface area contributed by atoms with E-state index in [1.165, 1.54) is 0 Å². The van der Waals surface area contributed by atoms with Crippen molar-refractivity contribution in [1.82, 2.24) is 5.32 Å². The maximum absolute atomic E-state index is 13.5. The maximum Gasteiger partial charge on any atom is 0.228 e. The molecular weight excluding hydrogens is 426 g/mol. The first-order valence-corrected chi connectivity index (χ1v) is 11.2. The number of hydrogen-bond acceptors (Lipinski definition) is 4. The topological polar surface area (TPSA) is 56.8 Å². The van der Waals surface area contributed by atoms with Crippen molar-refractivity contribution in [3.05, 3.63) is 102 Å². The Labute approximate surface area is 200 Å². The number of hydrogen-bond donors (Lipinski definition) is 1. The van der Waals surface area contributed by atoms with Crippen molar-refractivity contribution in [2.75, 3.05) is 21.3 Å². The summed E-state index contributed by atoms with van der Waals surface area (Å²) in [7, 11) is 4.92. The molecule has 0 saturated heterocycles. The van der Waals surface area contributed by atoms with E-state index in [9.17, 15) is 4.79 Å². The molecule has 5 nitrogen and oxygen atoms in total. The summed E-state index contributed by atoms with van der Waals surface area (Å²) in [6.07, 6.45) is 0. The van der Waals surface area contributed by atoms with Gasteiger partial charge in [-0.1, -0.05) is 60.7 Å². The Kier molecular flexibility index (Phi) is 7.02. The SMILES string of the molecule is COc1ccc2cc(C(C)C(=O)NC(c3ccccc3OC)c3ccccc3OC)ccc2c1. The molecule has 0 bridgehead atoms. The van der Waals surface area contributed by atoms with Crippen LogP contribution in [0.15, 0.2) is 84.9 Å². The van der Waals surface area contributed by atoms with Crippen LogP contribution in [0.2, 0.25) is 0 Å². The molecule has 1 amide bonds. The van der Waals surface area contributed by atoms with E-state index in [2.05, 4.69) is 11.4 Å². The molecule has 1 unspecified atom stereocenters. The molecule has 4 aromatic carbocycles. The van der Waals surface area contributed by atoms with Crippen LogP contribution in [0, 0.1) is 0 Å². The Bertz CT molecular complexity index is 1250. The second-order valence-electron chi connectivity index (χ2n) is 8.12. The minimum atomic E-state index is -0.438. The second-order valence-corrected chi connectivity index (χ2v) is 8.12. The Morgan fingerprint density at radius 2 is 1.26 bits per heavy atom. The minimum Gasteiger partial charge on any atom is -0.497 e. The van der Waals surface area contributed by atoms with Gasteiger partial charge in [0.05, 0.1) is 33.3 Å². The summed E-state index contributed by atoms with van der Waals surface area (Å²) in [6.45, 7) is 1.92. The van der Waals surface area contributed by atoms with Gasteiger partial charge in [-0.15, -0.1) is 0 Å². The number of rotatable bonds is 8. The fourth-order valence-electron chi connectivity index (χ4n) is 4.19. The standard InChI is InChI=1S/C29H29NO4/c1-19(20-13-14-22-18-23(32-2)16-15-21(22)17-20)29(31)30-28(24-9-5-7-11-26(24)33-3)25-10-6-8-12-27(25)34-4/h5-19,28H,1-4H3,(H,30,31). The maximum atomic E-state index is 13.5. The van der Waals surface area contributed by atoms with Crippen molar-refractivity contribution in [2.24, 2.45) is 0 Å². The zero-order chi connectivity index (χ0) is 24.1. The molecule has 0 aromatic heterocycles. The zero-order valence-electron chi connectivity index (χ0n) is 19.9. The second kappa shape index (κ2) is 10.3. The Hall–Kier alpha value is -3.99. The fraction of sp³-hybridized carbons (Fsp3) is 0.207. The lowest BCUT2D eigenvalue weighted by molar-refractivity contribution is -0.122. The van der Waals surface area contributed by atoms with Gasteiger partial charge in [0.25, 0.3) is 0 Å². The van der Waals surface area contributed by atoms with Crippen molar-refractivity contribution in [2.45, 2.75) is 18.9 Å². The highest BCUT2D eigenvalue weighted by molar-refractivity contribution is 5.88. The predicted molar refractivity (Wildman–Crippen MR) is 135 cm³/mol. The van der Waals surface area contributed by atoms with Crippen molar-refractivity contribution >= 4 is 16.7 Å². The molecule has 5 heteroatoms. The van der Waals surface area contributed by atoms with Crippen LogP contribution in [0.3, 0.4) is 0 Å². The molecule has 1 atom stereocenters. The lowest BCUT2D eigenvalue weighted by Crippen LogP contribution is -2.33. The van der Waals surface area contributed by atoms with Crippen LogP contribution in [-0.2, 0) is 4.79 Å². The molecule has 174 valence electrons. The lowest BCUT2D eigenvalue weighted by atomic mass is 9.93. The Balaban J connectivity index is 1.68. The summed E-state index contributed by atoms with van der Waals surface area (Å²) >= 11 is 0. The van der Waals surface area contributed by atoms with Gasteiger partial charge >= 0.3 is 0 Å². The summed E-state index contributed by atoms with van der Waals surface area (Å²) in [5.41, 5.74) is 2.66. The highest BCUT2D eigenvalue weighted by Gasteiger charge is 2.26. The number of nitrogens with one attached hydrogen (secondary N) is 1. The van der Waals surface area contributed by atoms with E-state index in [1.54, 1.807) is 21.3 Å². The Morgan fingerprint density at radius 1 is 0.706 bits per heavy atom. The first-order valence-electron chi connectivity index (χ1n) is 11.2. The number of methoxy groups -OCH3 is 3. The smallest absolute Gasteiger partial charge is 0.228 e.